The predicted octanol–water partition coefficient (Wildman–Crippen LogP) is 3.94. The number of guanidine groups is 1. The first-order valence-electron chi connectivity index (χ1n) is 9.63. The third-order valence-electron chi connectivity index (χ3n) is 5.08. The van der Waals surface area contributed by atoms with Crippen LogP contribution in [0.2, 0.25) is 0 Å². The fraction of sp³-hybridized carbons (Fsp3) is 0.650. The highest BCUT2D eigenvalue weighted by Gasteiger charge is 2.33. The molecule has 0 aliphatic heterocycles. The zero-order chi connectivity index (χ0) is 19.5. The van der Waals surface area contributed by atoms with E-state index in [2.05, 4.69) is 20.4 Å². The molecular formula is C20H31F2N3O2. The lowest BCUT2D eigenvalue weighted by Gasteiger charge is -2.30. The lowest BCUT2D eigenvalue weighted by molar-refractivity contribution is -0.0498. The molecule has 0 atom stereocenters. The predicted molar refractivity (Wildman–Crippen MR) is 103 cm³/mol. The standard InChI is InChI=1S/C20H31F2N3O2/c1-3-26-12-11-20(9-4-5-10-20)15-25-19(23-2)24-14-16-7-6-8-17(13-16)27-18(21)22/h6-8,13,18H,3-5,9-12,14-15H2,1-2H3,(H2,23,24,25). The normalized spacial score (nSPS) is 16.6. The van der Waals surface area contributed by atoms with Gasteiger partial charge >= 0.3 is 6.61 Å². The van der Waals surface area contributed by atoms with Crippen LogP contribution in [0.25, 0.3) is 0 Å². The maximum absolute atomic E-state index is 12.3. The van der Waals surface area contributed by atoms with Crippen molar-refractivity contribution in [2.24, 2.45) is 10.4 Å². The minimum Gasteiger partial charge on any atom is -0.435 e. The number of aliphatic imine (C=N–C) groups is 1. The fourth-order valence-electron chi connectivity index (χ4n) is 3.58. The molecule has 0 saturated heterocycles. The van der Waals surface area contributed by atoms with Crippen molar-refractivity contribution in [2.45, 2.75) is 52.2 Å². The molecule has 1 aromatic rings. The van der Waals surface area contributed by atoms with E-state index in [1.54, 1.807) is 19.2 Å². The monoisotopic (exact) mass is 383 g/mol. The third kappa shape index (κ3) is 7.33. The Balaban J connectivity index is 1.84. The molecule has 0 spiro atoms. The number of ether oxygens (including phenoxy) is 2. The van der Waals surface area contributed by atoms with Crippen molar-refractivity contribution in [3.63, 3.8) is 0 Å². The second kappa shape index (κ2) is 11.1. The average molecular weight is 383 g/mol. The molecule has 0 amide bonds. The van der Waals surface area contributed by atoms with Gasteiger partial charge in [-0.25, -0.2) is 0 Å². The van der Waals surface area contributed by atoms with Gasteiger partial charge in [-0.1, -0.05) is 25.0 Å². The van der Waals surface area contributed by atoms with E-state index >= 15 is 0 Å². The van der Waals surface area contributed by atoms with Crippen LogP contribution in [0.5, 0.6) is 5.75 Å². The van der Waals surface area contributed by atoms with Crippen molar-refractivity contribution in [3.8, 4) is 5.75 Å². The number of alkyl halides is 2. The molecule has 1 saturated carbocycles. The lowest BCUT2D eigenvalue weighted by Crippen LogP contribution is -2.43. The van der Waals surface area contributed by atoms with E-state index in [1.165, 1.54) is 31.7 Å². The Morgan fingerprint density at radius 2 is 2.04 bits per heavy atom. The third-order valence-corrected chi connectivity index (χ3v) is 5.08. The van der Waals surface area contributed by atoms with E-state index in [0.717, 1.165) is 31.7 Å². The lowest BCUT2D eigenvalue weighted by atomic mass is 9.83. The average Bonchev–Trinajstić information content (AvgIpc) is 3.11. The van der Waals surface area contributed by atoms with Gasteiger partial charge in [-0.2, -0.15) is 8.78 Å². The molecule has 1 aliphatic rings. The Hall–Kier alpha value is -1.89. The van der Waals surface area contributed by atoms with Gasteiger partial charge in [0, 0.05) is 33.4 Å². The summed E-state index contributed by atoms with van der Waals surface area (Å²) in [6, 6.07) is 6.68. The summed E-state index contributed by atoms with van der Waals surface area (Å²) in [5.74, 6) is 0.867. The zero-order valence-electron chi connectivity index (χ0n) is 16.3. The second-order valence-corrected chi connectivity index (χ2v) is 6.96. The van der Waals surface area contributed by atoms with Gasteiger partial charge in [-0.3, -0.25) is 4.99 Å². The minimum absolute atomic E-state index is 0.160. The van der Waals surface area contributed by atoms with Crippen LogP contribution in [0, 0.1) is 5.41 Å². The van der Waals surface area contributed by atoms with Crippen LogP contribution in [-0.4, -0.2) is 39.4 Å². The molecule has 5 nitrogen and oxygen atoms in total. The molecule has 1 aliphatic carbocycles. The first-order chi connectivity index (χ1) is 13.1. The van der Waals surface area contributed by atoms with Crippen LogP contribution in [0.15, 0.2) is 29.3 Å². The molecule has 7 heteroatoms. The molecule has 152 valence electrons. The van der Waals surface area contributed by atoms with Crippen molar-refractivity contribution in [3.05, 3.63) is 29.8 Å². The van der Waals surface area contributed by atoms with Crippen molar-refractivity contribution in [2.75, 3.05) is 26.8 Å². The summed E-state index contributed by atoms with van der Waals surface area (Å²) in [7, 11) is 1.73. The number of rotatable bonds is 10. The number of benzene rings is 1. The molecule has 2 N–H and O–H groups in total. The van der Waals surface area contributed by atoms with Gasteiger partial charge < -0.3 is 20.1 Å². The van der Waals surface area contributed by atoms with E-state index in [1.807, 2.05) is 13.0 Å². The fourth-order valence-corrected chi connectivity index (χ4v) is 3.58. The van der Waals surface area contributed by atoms with Crippen LogP contribution < -0.4 is 15.4 Å². The Bertz CT molecular complexity index is 590. The largest absolute Gasteiger partial charge is 0.435 e. The summed E-state index contributed by atoms with van der Waals surface area (Å²) in [6.07, 6.45) is 5.99. The molecule has 1 fully saturated rings. The molecular weight excluding hydrogens is 352 g/mol. The van der Waals surface area contributed by atoms with Crippen LogP contribution in [-0.2, 0) is 11.3 Å². The van der Waals surface area contributed by atoms with Gasteiger partial charge in [0.15, 0.2) is 5.96 Å². The minimum atomic E-state index is -2.82. The summed E-state index contributed by atoms with van der Waals surface area (Å²) in [5, 5.41) is 6.67. The van der Waals surface area contributed by atoms with E-state index in [9.17, 15) is 8.78 Å². The van der Waals surface area contributed by atoms with Gasteiger partial charge in [-0.15, -0.1) is 0 Å². The summed E-state index contributed by atoms with van der Waals surface area (Å²) >= 11 is 0. The number of hydrogen-bond donors (Lipinski definition) is 2. The van der Waals surface area contributed by atoms with Gasteiger partial charge in [0.2, 0.25) is 0 Å². The topological polar surface area (TPSA) is 54.9 Å². The molecule has 0 unspecified atom stereocenters. The number of hydrogen-bond acceptors (Lipinski definition) is 3. The van der Waals surface area contributed by atoms with Gasteiger partial charge in [0.25, 0.3) is 0 Å². The van der Waals surface area contributed by atoms with Crippen LogP contribution in [0.3, 0.4) is 0 Å². The maximum Gasteiger partial charge on any atom is 0.387 e. The van der Waals surface area contributed by atoms with Crippen LogP contribution >= 0.6 is 0 Å². The first kappa shape index (κ1) is 21.4. The molecule has 0 bridgehead atoms. The Morgan fingerprint density at radius 1 is 1.26 bits per heavy atom. The van der Waals surface area contributed by atoms with E-state index in [-0.39, 0.29) is 11.2 Å². The Labute approximate surface area is 160 Å². The highest BCUT2D eigenvalue weighted by atomic mass is 19.3. The molecule has 0 radical (unpaired) electrons. The van der Waals surface area contributed by atoms with Crippen molar-refractivity contribution >= 4 is 5.96 Å². The van der Waals surface area contributed by atoms with Gasteiger partial charge in [0.05, 0.1) is 0 Å². The SMILES string of the molecule is CCOCCC1(CNC(=NC)NCc2cccc(OC(F)F)c2)CCCC1. The molecule has 0 heterocycles. The van der Waals surface area contributed by atoms with Crippen molar-refractivity contribution in [1.82, 2.24) is 10.6 Å². The summed E-state index contributed by atoms with van der Waals surface area (Å²) < 4.78 is 34.7. The number of nitrogens with zero attached hydrogens (tertiary/aromatic N) is 1. The van der Waals surface area contributed by atoms with Crippen molar-refractivity contribution < 1.29 is 18.3 Å². The first-order valence-corrected chi connectivity index (χ1v) is 9.63. The zero-order valence-corrected chi connectivity index (χ0v) is 16.3. The Kier molecular flexibility index (Phi) is 8.78. The highest BCUT2D eigenvalue weighted by Crippen LogP contribution is 2.40. The van der Waals surface area contributed by atoms with E-state index in [4.69, 9.17) is 4.74 Å². The van der Waals surface area contributed by atoms with Gasteiger partial charge in [-0.05, 0) is 49.3 Å². The van der Waals surface area contributed by atoms with E-state index in [0.29, 0.717) is 12.5 Å². The molecule has 0 aromatic heterocycles. The summed E-state index contributed by atoms with van der Waals surface area (Å²) in [5.41, 5.74) is 1.11. The smallest absolute Gasteiger partial charge is 0.387 e. The molecule has 27 heavy (non-hydrogen) atoms. The summed E-state index contributed by atoms with van der Waals surface area (Å²) in [4.78, 5) is 4.27. The maximum atomic E-state index is 12.3. The van der Waals surface area contributed by atoms with Crippen molar-refractivity contribution in [1.29, 1.82) is 0 Å². The quantitative estimate of drug-likeness (QED) is 0.365. The molecule has 1 aromatic carbocycles. The second-order valence-electron chi connectivity index (χ2n) is 6.96. The highest BCUT2D eigenvalue weighted by molar-refractivity contribution is 5.79. The number of nitrogens with one attached hydrogen (secondary N) is 2. The van der Waals surface area contributed by atoms with E-state index < -0.39 is 6.61 Å². The Morgan fingerprint density at radius 3 is 2.70 bits per heavy atom. The van der Waals surface area contributed by atoms with Crippen LogP contribution in [0.1, 0.15) is 44.6 Å². The number of halogens is 2. The van der Waals surface area contributed by atoms with Crippen LogP contribution in [0.4, 0.5) is 8.78 Å². The molecule has 2 rings (SSSR count). The summed E-state index contributed by atoms with van der Waals surface area (Å²) in [6.45, 7) is 2.08. The van der Waals surface area contributed by atoms with Gasteiger partial charge in [0.1, 0.15) is 5.75 Å².